The highest BCUT2D eigenvalue weighted by atomic mass is 16.6. The molecule has 2 unspecified atom stereocenters. The predicted octanol–water partition coefficient (Wildman–Crippen LogP) is 3.46. The second-order valence-corrected chi connectivity index (χ2v) is 7.98. The van der Waals surface area contributed by atoms with Crippen molar-refractivity contribution in [3.8, 4) is 0 Å². The summed E-state index contributed by atoms with van der Waals surface area (Å²) in [6.07, 6.45) is 7.37. The van der Waals surface area contributed by atoms with Gasteiger partial charge in [0.15, 0.2) is 0 Å². The van der Waals surface area contributed by atoms with E-state index in [0.29, 0.717) is 12.5 Å². The van der Waals surface area contributed by atoms with Gasteiger partial charge in [-0.3, -0.25) is 0 Å². The van der Waals surface area contributed by atoms with E-state index in [-0.39, 0.29) is 11.6 Å². The van der Waals surface area contributed by atoms with E-state index in [0.717, 1.165) is 18.9 Å². The molecule has 0 saturated heterocycles. The topological polar surface area (TPSA) is 50.4 Å². The van der Waals surface area contributed by atoms with Gasteiger partial charge in [-0.05, 0) is 64.8 Å². The van der Waals surface area contributed by atoms with Crippen LogP contribution in [0.1, 0.15) is 66.2 Å². The van der Waals surface area contributed by atoms with Gasteiger partial charge in [-0.25, -0.2) is 4.79 Å². The Morgan fingerprint density at radius 2 is 1.95 bits per heavy atom. The van der Waals surface area contributed by atoms with Crippen LogP contribution in [0, 0.1) is 11.8 Å². The number of alkyl carbamates (subject to hydrolysis) is 1. The Morgan fingerprint density at radius 3 is 2.52 bits per heavy atom. The van der Waals surface area contributed by atoms with Crippen LogP contribution in [-0.4, -0.2) is 30.3 Å². The number of rotatable bonds is 5. The van der Waals surface area contributed by atoms with Crippen LogP contribution in [0.4, 0.5) is 4.79 Å². The number of carbonyl (C=O) groups excluding carboxylic acids is 1. The van der Waals surface area contributed by atoms with Gasteiger partial charge >= 0.3 is 6.09 Å². The molecule has 2 aliphatic rings. The van der Waals surface area contributed by atoms with E-state index in [1.165, 1.54) is 32.1 Å². The van der Waals surface area contributed by atoms with Crippen molar-refractivity contribution in [2.75, 3.05) is 13.1 Å². The molecule has 0 bridgehead atoms. The van der Waals surface area contributed by atoms with Gasteiger partial charge in [0, 0.05) is 12.1 Å². The van der Waals surface area contributed by atoms with Crippen LogP contribution in [0.3, 0.4) is 0 Å². The minimum atomic E-state index is -0.434. The smallest absolute Gasteiger partial charge is 0.407 e. The number of hydrogen-bond acceptors (Lipinski definition) is 3. The molecule has 1 amide bonds. The Kier molecular flexibility index (Phi) is 5.18. The minimum absolute atomic E-state index is 0.0533. The van der Waals surface area contributed by atoms with E-state index in [1.54, 1.807) is 0 Å². The summed E-state index contributed by atoms with van der Waals surface area (Å²) < 4.78 is 5.37. The molecule has 21 heavy (non-hydrogen) atoms. The maximum absolute atomic E-state index is 11.9. The Hall–Kier alpha value is -0.770. The summed E-state index contributed by atoms with van der Waals surface area (Å²) >= 11 is 0. The van der Waals surface area contributed by atoms with E-state index in [2.05, 4.69) is 17.6 Å². The molecule has 0 spiro atoms. The average Bonchev–Trinajstić information content (AvgIpc) is 3.19. The molecule has 0 radical (unpaired) electrons. The summed E-state index contributed by atoms with van der Waals surface area (Å²) in [4.78, 5) is 11.9. The second kappa shape index (κ2) is 6.55. The maximum atomic E-state index is 11.9. The van der Waals surface area contributed by atoms with Crippen LogP contribution < -0.4 is 10.6 Å². The van der Waals surface area contributed by atoms with Gasteiger partial charge in [-0.15, -0.1) is 0 Å². The summed E-state index contributed by atoms with van der Waals surface area (Å²) in [6, 6.07) is 0. The van der Waals surface area contributed by atoms with E-state index in [4.69, 9.17) is 4.74 Å². The highest BCUT2D eigenvalue weighted by molar-refractivity contribution is 5.67. The fourth-order valence-electron chi connectivity index (χ4n) is 3.22. The molecule has 122 valence electrons. The zero-order chi connectivity index (χ0) is 15.5. The molecule has 0 heterocycles. The van der Waals surface area contributed by atoms with E-state index in [1.807, 2.05) is 20.8 Å². The van der Waals surface area contributed by atoms with Crippen molar-refractivity contribution in [3.05, 3.63) is 0 Å². The molecule has 0 aliphatic heterocycles. The fraction of sp³-hybridized carbons (Fsp3) is 0.941. The van der Waals surface area contributed by atoms with Crippen LogP contribution in [-0.2, 0) is 4.74 Å². The molecule has 0 aromatic rings. The molecule has 2 fully saturated rings. The lowest BCUT2D eigenvalue weighted by molar-refractivity contribution is 0.0480. The standard InChI is InChI=1S/C17H32N2O2/c1-13-7-5-6-10-17(13,19-11-14-8-9-14)12-18-15(20)21-16(2,3)4/h13-14,19H,5-12H2,1-4H3,(H,18,20). The van der Waals surface area contributed by atoms with Gasteiger partial charge in [-0.2, -0.15) is 0 Å². The predicted molar refractivity (Wildman–Crippen MR) is 85.3 cm³/mol. The summed E-state index contributed by atoms with van der Waals surface area (Å²) in [6.45, 7) is 9.79. The minimum Gasteiger partial charge on any atom is -0.444 e. The molecule has 4 heteroatoms. The van der Waals surface area contributed by atoms with E-state index < -0.39 is 5.60 Å². The summed E-state index contributed by atoms with van der Waals surface area (Å²) in [5.74, 6) is 1.46. The summed E-state index contributed by atoms with van der Waals surface area (Å²) in [7, 11) is 0. The van der Waals surface area contributed by atoms with Gasteiger partial charge in [0.2, 0.25) is 0 Å². The monoisotopic (exact) mass is 296 g/mol. The lowest BCUT2D eigenvalue weighted by atomic mass is 9.73. The maximum Gasteiger partial charge on any atom is 0.407 e. The fourth-order valence-corrected chi connectivity index (χ4v) is 3.22. The number of carbonyl (C=O) groups is 1. The van der Waals surface area contributed by atoms with Crippen molar-refractivity contribution in [1.29, 1.82) is 0 Å². The highest BCUT2D eigenvalue weighted by Crippen LogP contribution is 2.35. The van der Waals surface area contributed by atoms with Gasteiger partial charge in [0.05, 0.1) is 0 Å². The van der Waals surface area contributed by atoms with Crippen LogP contribution in [0.25, 0.3) is 0 Å². The zero-order valence-corrected chi connectivity index (χ0v) is 14.1. The van der Waals surface area contributed by atoms with Crippen molar-refractivity contribution < 1.29 is 9.53 Å². The third-order valence-corrected chi connectivity index (χ3v) is 4.84. The van der Waals surface area contributed by atoms with E-state index >= 15 is 0 Å². The highest BCUT2D eigenvalue weighted by Gasteiger charge is 2.39. The Bertz CT molecular complexity index is 360. The molecular weight excluding hydrogens is 264 g/mol. The SMILES string of the molecule is CC1CCCCC1(CNC(=O)OC(C)(C)C)NCC1CC1. The first-order chi connectivity index (χ1) is 9.81. The Labute approximate surface area is 129 Å². The van der Waals surface area contributed by atoms with Gasteiger partial charge in [-0.1, -0.05) is 19.8 Å². The number of hydrogen-bond donors (Lipinski definition) is 2. The van der Waals surface area contributed by atoms with Gasteiger partial charge < -0.3 is 15.4 Å². The number of ether oxygens (including phenoxy) is 1. The van der Waals surface area contributed by atoms with Crippen LogP contribution >= 0.6 is 0 Å². The van der Waals surface area contributed by atoms with Crippen LogP contribution in [0.2, 0.25) is 0 Å². The molecule has 2 saturated carbocycles. The largest absolute Gasteiger partial charge is 0.444 e. The lowest BCUT2D eigenvalue weighted by Crippen LogP contribution is -2.59. The Balaban J connectivity index is 1.90. The van der Waals surface area contributed by atoms with Crippen molar-refractivity contribution in [2.45, 2.75) is 77.4 Å². The molecule has 0 aromatic carbocycles. The normalized spacial score (nSPS) is 30.0. The molecule has 2 atom stereocenters. The summed E-state index contributed by atoms with van der Waals surface area (Å²) in [5, 5.41) is 6.80. The van der Waals surface area contributed by atoms with Crippen molar-refractivity contribution >= 4 is 6.09 Å². The van der Waals surface area contributed by atoms with Crippen molar-refractivity contribution in [1.82, 2.24) is 10.6 Å². The Morgan fingerprint density at radius 1 is 1.24 bits per heavy atom. The van der Waals surface area contributed by atoms with Crippen molar-refractivity contribution in [2.24, 2.45) is 11.8 Å². The second-order valence-electron chi connectivity index (χ2n) is 7.98. The average molecular weight is 296 g/mol. The van der Waals surface area contributed by atoms with Crippen molar-refractivity contribution in [3.63, 3.8) is 0 Å². The quantitative estimate of drug-likeness (QED) is 0.817. The first-order valence-corrected chi connectivity index (χ1v) is 8.53. The molecule has 4 nitrogen and oxygen atoms in total. The van der Waals surface area contributed by atoms with Crippen LogP contribution in [0.5, 0.6) is 0 Å². The first-order valence-electron chi connectivity index (χ1n) is 8.53. The van der Waals surface area contributed by atoms with Crippen LogP contribution in [0.15, 0.2) is 0 Å². The first kappa shape index (κ1) is 16.6. The number of nitrogens with one attached hydrogen (secondary N) is 2. The third kappa shape index (κ3) is 5.17. The third-order valence-electron chi connectivity index (χ3n) is 4.84. The zero-order valence-electron chi connectivity index (χ0n) is 14.1. The van der Waals surface area contributed by atoms with Gasteiger partial charge in [0.25, 0.3) is 0 Å². The molecule has 2 rings (SSSR count). The lowest BCUT2D eigenvalue weighted by Gasteiger charge is -2.44. The molecule has 2 aliphatic carbocycles. The summed E-state index contributed by atoms with van der Waals surface area (Å²) in [5.41, 5.74) is -0.380. The number of amides is 1. The van der Waals surface area contributed by atoms with Gasteiger partial charge in [0.1, 0.15) is 5.60 Å². The van der Waals surface area contributed by atoms with E-state index in [9.17, 15) is 4.79 Å². The molecule has 0 aromatic heterocycles. The molecule has 2 N–H and O–H groups in total. The molecular formula is C17H32N2O2.